The summed E-state index contributed by atoms with van der Waals surface area (Å²) in [6.45, 7) is 6.94. The van der Waals surface area contributed by atoms with Crippen LogP contribution in [-0.4, -0.2) is 47.3 Å². The second kappa shape index (κ2) is 15.0. The lowest BCUT2D eigenvalue weighted by atomic mass is 9.99. The largest absolute Gasteiger partial charge is 0.466 e. The van der Waals surface area contributed by atoms with Crippen LogP contribution in [0, 0.1) is 20.8 Å². The molecule has 2 heterocycles. The number of aromatic nitrogens is 2. The van der Waals surface area contributed by atoms with Crippen molar-refractivity contribution in [1.29, 1.82) is 0 Å². The molecule has 6 rings (SSSR count). The second-order valence-corrected chi connectivity index (χ2v) is 12.4. The molecule has 248 valence electrons. The molecular formula is C41H40N4O4. The topological polar surface area (TPSA) is 106 Å². The Bertz CT molecular complexity index is 1990. The number of H-pyrrole nitrogens is 1. The second-order valence-electron chi connectivity index (χ2n) is 12.4. The zero-order valence-electron chi connectivity index (χ0n) is 28.2. The van der Waals surface area contributed by atoms with Crippen LogP contribution in [-0.2, 0) is 25.6 Å². The summed E-state index contributed by atoms with van der Waals surface area (Å²) in [6.07, 6.45) is 4.85. The number of oxime groups is 1. The number of nitrogens with one attached hydrogen (secondary N) is 2. The number of aryl methyl sites for hydroxylation is 4. The van der Waals surface area contributed by atoms with Gasteiger partial charge < -0.3 is 19.9 Å². The van der Waals surface area contributed by atoms with Gasteiger partial charge in [-0.15, -0.1) is 0 Å². The molecule has 2 N–H and O–H groups in total. The average Bonchev–Trinajstić information content (AvgIpc) is 3.78. The van der Waals surface area contributed by atoms with Gasteiger partial charge in [-0.3, -0.25) is 4.79 Å². The van der Waals surface area contributed by atoms with Crippen molar-refractivity contribution in [2.75, 3.05) is 13.7 Å². The van der Waals surface area contributed by atoms with Gasteiger partial charge in [-0.25, -0.2) is 9.78 Å². The van der Waals surface area contributed by atoms with E-state index in [-0.39, 0.29) is 5.91 Å². The van der Waals surface area contributed by atoms with Crippen molar-refractivity contribution >= 4 is 23.7 Å². The van der Waals surface area contributed by atoms with Crippen molar-refractivity contribution in [3.63, 3.8) is 0 Å². The van der Waals surface area contributed by atoms with E-state index in [2.05, 4.69) is 60.5 Å². The Morgan fingerprint density at radius 2 is 1.59 bits per heavy atom. The molecule has 1 aromatic heterocycles. The van der Waals surface area contributed by atoms with Gasteiger partial charge in [0.05, 0.1) is 24.2 Å². The van der Waals surface area contributed by atoms with Crippen molar-refractivity contribution < 1.29 is 19.2 Å². The fraction of sp³-hybridized carbons (Fsp3) is 0.220. The van der Waals surface area contributed by atoms with E-state index in [1.165, 1.54) is 18.2 Å². The minimum atomic E-state index is -0.724. The summed E-state index contributed by atoms with van der Waals surface area (Å²) in [6, 6.07) is 30.7. The van der Waals surface area contributed by atoms with Crippen LogP contribution < -0.4 is 5.32 Å². The number of benzene rings is 4. The van der Waals surface area contributed by atoms with E-state index in [1.807, 2.05) is 72.8 Å². The third-order valence-corrected chi connectivity index (χ3v) is 8.65. The highest BCUT2D eigenvalue weighted by Gasteiger charge is 2.29. The molecule has 1 unspecified atom stereocenters. The van der Waals surface area contributed by atoms with Crippen LogP contribution >= 0.6 is 0 Å². The van der Waals surface area contributed by atoms with Crippen molar-refractivity contribution in [1.82, 2.24) is 15.3 Å². The summed E-state index contributed by atoms with van der Waals surface area (Å²) in [7, 11) is 1.34. The lowest BCUT2D eigenvalue weighted by Gasteiger charge is -2.08. The normalized spacial score (nSPS) is 14.0. The van der Waals surface area contributed by atoms with Crippen LogP contribution in [0.3, 0.4) is 0 Å². The Kier molecular flexibility index (Phi) is 10.1. The quantitative estimate of drug-likeness (QED) is 0.0862. The summed E-state index contributed by atoms with van der Waals surface area (Å²) < 4.78 is 4.80. The number of methoxy groups -OCH3 is 1. The van der Waals surface area contributed by atoms with Gasteiger partial charge in [-0.2, -0.15) is 0 Å². The number of imidazole rings is 1. The fourth-order valence-electron chi connectivity index (χ4n) is 6.23. The smallest absolute Gasteiger partial charge is 0.350 e. The first kappa shape index (κ1) is 33.2. The molecule has 49 heavy (non-hydrogen) atoms. The molecule has 0 saturated carbocycles. The Labute approximate surface area is 286 Å². The first-order valence-corrected chi connectivity index (χ1v) is 16.5. The zero-order chi connectivity index (χ0) is 34.3. The van der Waals surface area contributed by atoms with Gasteiger partial charge in [0, 0.05) is 35.7 Å². The van der Waals surface area contributed by atoms with E-state index in [1.54, 1.807) is 6.08 Å². The molecule has 0 saturated heterocycles. The van der Waals surface area contributed by atoms with E-state index in [9.17, 15) is 9.59 Å². The monoisotopic (exact) mass is 652 g/mol. The number of hydrogen-bond donors (Lipinski definition) is 2. The fourth-order valence-corrected chi connectivity index (χ4v) is 6.23. The number of carbonyl (C=O) groups excluding carboxylic acids is 2. The first-order chi connectivity index (χ1) is 23.8. The van der Waals surface area contributed by atoms with Crippen LogP contribution in [0.5, 0.6) is 0 Å². The number of amides is 1. The van der Waals surface area contributed by atoms with Gasteiger partial charge in [0.1, 0.15) is 5.82 Å². The summed E-state index contributed by atoms with van der Waals surface area (Å²) in [5.74, 6) is 0.248. The summed E-state index contributed by atoms with van der Waals surface area (Å²) in [4.78, 5) is 38.4. The molecule has 8 heteroatoms. The maximum absolute atomic E-state index is 12.5. The number of hydrogen-bond acceptors (Lipinski definition) is 6. The Morgan fingerprint density at radius 1 is 0.918 bits per heavy atom. The number of aromatic amines is 1. The van der Waals surface area contributed by atoms with E-state index < -0.39 is 12.1 Å². The van der Waals surface area contributed by atoms with Crippen LogP contribution in [0.1, 0.15) is 46.2 Å². The Morgan fingerprint density at radius 3 is 2.29 bits per heavy atom. The third kappa shape index (κ3) is 7.87. The number of esters is 1. The lowest BCUT2D eigenvalue weighted by Crippen LogP contribution is -2.22. The summed E-state index contributed by atoms with van der Waals surface area (Å²) >= 11 is 0. The van der Waals surface area contributed by atoms with E-state index in [4.69, 9.17) is 14.6 Å². The van der Waals surface area contributed by atoms with Crippen molar-refractivity contribution in [2.45, 2.75) is 46.1 Å². The molecule has 4 aromatic carbocycles. The van der Waals surface area contributed by atoms with Gasteiger partial charge in [-0.05, 0) is 67.5 Å². The van der Waals surface area contributed by atoms with Crippen molar-refractivity contribution in [3.8, 4) is 33.9 Å². The zero-order valence-corrected chi connectivity index (χ0v) is 28.2. The number of ether oxygens (including phenoxy) is 1. The van der Waals surface area contributed by atoms with Crippen LogP contribution in [0.25, 0.3) is 40.0 Å². The summed E-state index contributed by atoms with van der Waals surface area (Å²) in [5.41, 5.74) is 11.9. The maximum Gasteiger partial charge on any atom is 0.350 e. The van der Waals surface area contributed by atoms with Gasteiger partial charge in [0.15, 0.2) is 0 Å². The van der Waals surface area contributed by atoms with Gasteiger partial charge in [0.25, 0.3) is 0 Å². The molecule has 0 aliphatic carbocycles. The predicted molar refractivity (Wildman–Crippen MR) is 194 cm³/mol. The van der Waals surface area contributed by atoms with E-state index in [0.29, 0.717) is 18.7 Å². The van der Waals surface area contributed by atoms with Gasteiger partial charge >= 0.3 is 5.97 Å². The molecule has 0 fully saturated rings. The molecule has 1 atom stereocenters. The van der Waals surface area contributed by atoms with Crippen LogP contribution in [0.4, 0.5) is 0 Å². The minimum Gasteiger partial charge on any atom is -0.466 e. The molecule has 0 radical (unpaired) electrons. The van der Waals surface area contributed by atoms with Gasteiger partial charge in [-0.1, -0.05) is 102 Å². The number of nitrogens with zero attached hydrogens (tertiary/aromatic N) is 2. The van der Waals surface area contributed by atoms with E-state index >= 15 is 0 Å². The highest BCUT2D eigenvalue weighted by molar-refractivity contribution is 6.04. The van der Waals surface area contributed by atoms with Gasteiger partial charge in [0.2, 0.25) is 12.0 Å². The Hall–Kier alpha value is -5.76. The van der Waals surface area contributed by atoms with Crippen molar-refractivity contribution in [3.05, 3.63) is 130 Å². The molecule has 0 spiro atoms. The minimum absolute atomic E-state index is 0.110. The predicted octanol–water partition coefficient (Wildman–Crippen LogP) is 7.76. The molecule has 5 aromatic rings. The lowest BCUT2D eigenvalue weighted by molar-refractivity contribution is -0.152. The average molecular weight is 653 g/mol. The third-order valence-electron chi connectivity index (χ3n) is 8.65. The molecule has 8 nitrogen and oxygen atoms in total. The molecule has 1 aliphatic rings. The molecule has 1 amide bonds. The molecule has 0 bridgehead atoms. The van der Waals surface area contributed by atoms with Crippen LogP contribution in [0.15, 0.2) is 102 Å². The standard InChI is InChI=1S/C41H40N4O4/c1-26-23-27(2)37(28(3)24-26)40-43-38(39(44-40)33-19-17-31(18-20-33)34-25-35(49-45-34)41(47)48-4)32-15-12-30(13-16-32)14-21-36(46)42-22-8-11-29-9-6-5-7-10-29/h5-7,9-10,12-21,23-24,35H,8,11,22,25H2,1-4H3,(H,42,46)(H,43,44). The highest BCUT2D eigenvalue weighted by Crippen LogP contribution is 2.36. The highest BCUT2D eigenvalue weighted by atomic mass is 16.7. The maximum atomic E-state index is 12.5. The summed E-state index contributed by atoms with van der Waals surface area (Å²) in [5, 5.41) is 7.10. The molecule has 1 aliphatic heterocycles. The Balaban J connectivity index is 1.22. The van der Waals surface area contributed by atoms with Crippen LogP contribution in [0.2, 0.25) is 0 Å². The number of rotatable bonds is 11. The number of carbonyl (C=O) groups is 2. The van der Waals surface area contributed by atoms with E-state index in [0.717, 1.165) is 69.0 Å². The SMILES string of the molecule is COC(=O)C1CC(c2ccc(-c3nc(-c4c(C)cc(C)cc4C)[nH]c3-c3ccc(C=CC(=O)NCCCc4ccccc4)cc3)cc2)=NO1. The molecular weight excluding hydrogens is 612 g/mol. The first-order valence-electron chi connectivity index (χ1n) is 16.5. The van der Waals surface area contributed by atoms with Crippen molar-refractivity contribution in [2.24, 2.45) is 5.16 Å².